The van der Waals surface area contributed by atoms with Crippen molar-refractivity contribution in [3.05, 3.63) is 93.1 Å². The average molecular weight is 465 g/mol. The number of rotatable bonds is 4. The van der Waals surface area contributed by atoms with Crippen LogP contribution < -0.4 is 5.32 Å². The molecule has 27 heavy (non-hydrogen) atoms. The van der Waals surface area contributed by atoms with Crippen LogP contribution >= 0.6 is 22.6 Å². The van der Waals surface area contributed by atoms with Crippen LogP contribution in [0.15, 0.2) is 72.8 Å². The first-order chi connectivity index (χ1) is 13.2. The SMILES string of the molecule is O=C(Cc1ccccc1I)Nc1cccc(-c2cccc3c2C=CCC3)c1. The minimum atomic E-state index is 0.00579. The van der Waals surface area contributed by atoms with Crippen molar-refractivity contribution < 1.29 is 4.79 Å². The molecule has 0 atom stereocenters. The predicted molar refractivity (Wildman–Crippen MR) is 121 cm³/mol. The summed E-state index contributed by atoms with van der Waals surface area (Å²) in [5.74, 6) is 0.00579. The number of carbonyl (C=O) groups excluding carboxylic acids is 1. The van der Waals surface area contributed by atoms with Gasteiger partial charge in [-0.25, -0.2) is 0 Å². The largest absolute Gasteiger partial charge is 0.326 e. The zero-order valence-electron chi connectivity index (χ0n) is 14.9. The van der Waals surface area contributed by atoms with Gasteiger partial charge in [-0.2, -0.15) is 0 Å². The van der Waals surface area contributed by atoms with Crippen LogP contribution in [-0.4, -0.2) is 5.91 Å². The van der Waals surface area contributed by atoms with E-state index in [1.165, 1.54) is 16.7 Å². The lowest BCUT2D eigenvalue weighted by Gasteiger charge is -2.16. The quantitative estimate of drug-likeness (QED) is 0.464. The lowest BCUT2D eigenvalue weighted by Crippen LogP contribution is -2.15. The highest BCUT2D eigenvalue weighted by molar-refractivity contribution is 14.1. The molecule has 0 saturated heterocycles. The van der Waals surface area contributed by atoms with E-state index in [2.05, 4.69) is 70.4 Å². The van der Waals surface area contributed by atoms with Gasteiger partial charge in [0.25, 0.3) is 0 Å². The van der Waals surface area contributed by atoms with Gasteiger partial charge in [0.2, 0.25) is 5.91 Å². The Hall–Kier alpha value is -2.40. The van der Waals surface area contributed by atoms with Crippen LogP contribution in [0.4, 0.5) is 5.69 Å². The maximum Gasteiger partial charge on any atom is 0.228 e. The molecule has 0 heterocycles. The number of hydrogen-bond donors (Lipinski definition) is 1. The number of carbonyl (C=O) groups is 1. The van der Waals surface area contributed by atoms with E-state index in [0.717, 1.165) is 33.2 Å². The molecule has 0 bridgehead atoms. The molecule has 0 radical (unpaired) electrons. The standard InChI is InChI=1S/C24H20INO/c25-23-14-4-2-8-19(23)16-24(27)26-20-11-5-10-18(15-20)22-13-6-9-17-7-1-3-12-21(17)22/h2-6,8-15H,1,7,16H2,(H,26,27). The Bertz CT molecular complexity index is 1020. The van der Waals surface area contributed by atoms with Crippen molar-refractivity contribution in [3.8, 4) is 11.1 Å². The van der Waals surface area contributed by atoms with Gasteiger partial charge in [-0.15, -0.1) is 0 Å². The number of anilines is 1. The number of nitrogens with one attached hydrogen (secondary N) is 1. The molecule has 1 amide bonds. The summed E-state index contributed by atoms with van der Waals surface area (Å²) in [6, 6.07) is 22.6. The third-order valence-electron chi connectivity index (χ3n) is 4.83. The molecule has 0 aromatic heterocycles. The van der Waals surface area contributed by atoms with E-state index in [-0.39, 0.29) is 5.91 Å². The summed E-state index contributed by atoms with van der Waals surface area (Å²) in [6.45, 7) is 0. The molecule has 0 saturated carbocycles. The lowest BCUT2D eigenvalue weighted by atomic mass is 9.90. The van der Waals surface area contributed by atoms with Crippen LogP contribution in [0, 0.1) is 3.57 Å². The Kier molecular flexibility index (Phi) is 5.39. The van der Waals surface area contributed by atoms with Gasteiger partial charge in [0.1, 0.15) is 0 Å². The van der Waals surface area contributed by atoms with Gasteiger partial charge in [-0.1, -0.05) is 60.7 Å². The fourth-order valence-electron chi connectivity index (χ4n) is 3.50. The Labute approximate surface area is 173 Å². The summed E-state index contributed by atoms with van der Waals surface area (Å²) in [5.41, 5.74) is 6.92. The third kappa shape index (κ3) is 4.14. The summed E-state index contributed by atoms with van der Waals surface area (Å²) < 4.78 is 1.11. The first kappa shape index (κ1) is 18.0. The van der Waals surface area contributed by atoms with Crippen molar-refractivity contribution in [2.24, 2.45) is 0 Å². The monoisotopic (exact) mass is 465 g/mol. The molecule has 1 N–H and O–H groups in total. The summed E-state index contributed by atoms with van der Waals surface area (Å²) in [5, 5.41) is 3.05. The Morgan fingerprint density at radius 1 is 1.00 bits per heavy atom. The summed E-state index contributed by atoms with van der Waals surface area (Å²) in [4.78, 5) is 12.5. The van der Waals surface area contributed by atoms with E-state index in [9.17, 15) is 4.79 Å². The van der Waals surface area contributed by atoms with Gasteiger partial charge in [-0.3, -0.25) is 4.79 Å². The number of aryl methyl sites for hydroxylation is 1. The van der Waals surface area contributed by atoms with Crippen molar-refractivity contribution in [2.45, 2.75) is 19.3 Å². The van der Waals surface area contributed by atoms with E-state index in [1.54, 1.807) is 0 Å². The molecule has 0 unspecified atom stereocenters. The van der Waals surface area contributed by atoms with Crippen LogP contribution in [0.1, 0.15) is 23.1 Å². The normalized spacial score (nSPS) is 12.5. The molecule has 0 fully saturated rings. The Morgan fingerprint density at radius 3 is 2.74 bits per heavy atom. The van der Waals surface area contributed by atoms with Crippen LogP contribution in [0.2, 0.25) is 0 Å². The van der Waals surface area contributed by atoms with Crippen LogP contribution in [0.3, 0.4) is 0 Å². The molecule has 1 aliphatic carbocycles. The molecule has 0 aliphatic heterocycles. The molecular weight excluding hydrogens is 445 g/mol. The second kappa shape index (κ2) is 8.09. The molecule has 3 aromatic carbocycles. The number of allylic oxidation sites excluding steroid dienone is 1. The van der Waals surface area contributed by atoms with E-state index in [4.69, 9.17) is 0 Å². The summed E-state index contributed by atoms with van der Waals surface area (Å²) in [7, 11) is 0. The molecule has 134 valence electrons. The van der Waals surface area contributed by atoms with Gasteiger partial charge in [0, 0.05) is 9.26 Å². The number of fused-ring (bicyclic) bond motifs is 1. The van der Waals surface area contributed by atoms with Crippen molar-refractivity contribution in [3.63, 3.8) is 0 Å². The van der Waals surface area contributed by atoms with E-state index in [1.807, 2.05) is 36.4 Å². The fraction of sp³-hybridized carbons (Fsp3) is 0.125. The minimum Gasteiger partial charge on any atom is -0.326 e. The maximum absolute atomic E-state index is 12.5. The molecule has 3 heteroatoms. The van der Waals surface area contributed by atoms with Gasteiger partial charge in [-0.05, 0) is 81.4 Å². The number of benzene rings is 3. The highest BCUT2D eigenvalue weighted by atomic mass is 127. The van der Waals surface area contributed by atoms with Crippen molar-refractivity contribution in [1.82, 2.24) is 0 Å². The Morgan fingerprint density at radius 2 is 1.85 bits per heavy atom. The van der Waals surface area contributed by atoms with Crippen LogP contribution in [0.25, 0.3) is 17.2 Å². The lowest BCUT2D eigenvalue weighted by molar-refractivity contribution is -0.115. The smallest absolute Gasteiger partial charge is 0.228 e. The molecule has 2 nitrogen and oxygen atoms in total. The van der Waals surface area contributed by atoms with Crippen molar-refractivity contribution >= 4 is 40.3 Å². The first-order valence-electron chi connectivity index (χ1n) is 9.13. The zero-order chi connectivity index (χ0) is 18.6. The van der Waals surface area contributed by atoms with E-state index >= 15 is 0 Å². The second-order valence-electron chi connectivity index (χ2n) is 6.72. The highest BCUT2D eigenvalue weighted by Crippen LogP contribution is 2.32. The molecular formula is C24H20INO. The van der Waals surface area contributed by atoms with Crippen LogP contribution in [-0.2, 0) is 17.6 Å². The number of halogens is 1. The van der Waals surface area contributed by atoms with Gasteiger partial charge < -0.3 is 5.32 Å². The minimum absolute atomic E-state index is 0.00579. The third-order valence-corrected chi connectivity index (χ3v) is 5.88. The van der Waals surface area contributed by atoms with E-state index < -0.39 is 0 Å². The predicted octanol–water partition coefficient (Wildman–Crippen LogP) is 6.10. The molecule has 1 aliphatic rings. The average Bonchev–Trinajstić information content (AvgIpc) is 2.69. The zero-order valence-corrected chi connectivity index (χ0v) is 17.1. The van der Waals surface area contributed by atoms with Gasteiger partial charge in [0.05, 0.1) is 6.42 Å². The number of amides is 1. The van der Waals surface area contributed by atoms with Crippen molar-refractivity contribution in [1.29, 1.82) is 0 Å². The van der Waals surface area contributed by atoms with E-state index in [0.29, 0.717) is 6.42 Å². The second-order valence-corrected chi connectivity index (χ2v) is 7.88. The van der Waals surface area contributed by atoms with Gasteiger partial charge >= 0.3 is 0 Å². The molecule has 3 aromatic rings. The Balaban J connectivity index is 1.56. The highest BCUT2D eigenvalue weighted by Gasteiger charge is 2.12. The molecule has 0 spiro atoms. The summed E-state index contributed by atoms with van der Waals surface area (Å²) >= 11 is 2.27. The maximum atomic E-state index is 12.5. The summed E-state index contributed by atoms with van der Waals surface area (Å²) in [6.07, 6.45) is 7.03. The van der Waals surface area contributed by atoms with Gasteiger partial charge in [0.15, 0.2) is 0 Å². The van der Waals surface area contributed by atoms with Crippen LogP contribution in [0.5, 0.6) is 0 Å². The first-order valence-corrected chi connectivity index (χ1v) is 10.2. The van der Waals surface area contributed by atoms with Crippen molar-refractivity contribution in [2.75, 3.05) is 5.32 Å². The number of hydrogen-bond acceptors (Lipinski definition) is 1. The fourth-order valence-corrected chi connectivity index (χ4v) is 4.08. The topological polar surface area (TPSA) is 29.1 Å². The molecule has 4 rings (SSSR count).